The van der Waals surface area contributed by atoms with Gasteiger partial charge in [-0.25, -0.2) is 0 Å². The third-order valence-electron chi connectivity index (χ3n) is 3.05. The lowest BCUT2D eigenvalue weighted by Crippen LogP contribution is -2.31. The average Bonchev–Trinajstić information content (AvgIpc) is 2.49. The number of nitrogen functional groups attached to an aromatic ring is 1. The molecule has 0 unspecified atom stereocenters. The Labute approximate surface area is 121 Å². The summed E-state index contributed by atoms with van der Waals surface area (Å²) in [7, 11) is 0. The molecule has 7 nitrogen and oxygen atoms in total. The van der Waals surface area contributed by atoms with Crippen LogP contribution in [0.5, 0.6) is 0 Å². The van der Waals surface area contributed by atoms with Crippen LogP contribution in [0.1, 0.15) is 17.3 Å². The number of carbonyl (C=O) groups is 1. The molecule has 0 aliphatic rings. The lowest BCUT2D eigenvalue weighted by Gasteiger charge is -2.21. The van der Waals surface area contributed by atoms with Gasteiger partial charge in [0.1, 0.15) is 5.69 Å². The molecule has 0 saturated carbocycles. The first-order valence-electron chi connectivity index (χ1n) is 6.31. The number of benzene rings is 1. The predicted octanol–water partition coefficient (Wildman–Crippen LogP) is 2.24. The molecule has 2 aromatic rings. The van der Waals surface area contributed by atoms with Crippen LogP contribution in [0.25, 0.3) is 0 Å². The van der Waals surface area contributed by atoms with E-state index in [9.17, 15) is 14.9 Å². The molecule has 7 heteroatoms. The van der Waals surface area contributed by atoms with Crippen LogP contribution in [0, 0.1) is 10.1 Å². The molecule has 0 bridgehead atoms. The summed E-state index contributed by atoms with van der Waals surface area (Å²) in [6.45, 7) is 2.22. The molecule has 0 fully saturated rings. The Kier molecular flexibility index (Phi) is 4.13. The highest BCUT2D eigenvalue weighted by atomic mass is 16.6. The number of nitrogens with two attached hydrogens (primary N) is 1. The van der Waals surface area contributed by atoms with Gasteiger partial charge in [0.2, 0.25) is 0 Å². The van der Waals surface area contributed by atoms with Gasteiger partial charge in [-0.3, -0.25) is 19.9 Å². The number of aromatic nitrogens is 1. The fraction of sp³-hybridized carbons (Fsp3) is 0.143. The van der Waals surface area contributed by atoms with E-state index in [-0.39, 0.29) is 22.8 Å². The van der Waals surface area contributed by atoms with Gasteiger partial charge < -0.3 is 10.6 Å². The minimum Gasteiger partial charge on any atom is -0.393 e. The summed E-state index contributed by atoms with van der Waals surface area (Å²) in [5, 5.41) is 10.9. The molecule has 0 atom stereocenters. The van der Waals surface area contributed by atoms with Gasteiger partial charge in [0.05, 0.1) is 10.5 Å². The zero-order valence-electron chi connectivity index (χ0n) is 11.4. The van der Waals surface area contributed by atoms with Crippen LogP contribution in [0.15, 0.2) is 42.7 Å². The van der Waals surface area contributed by atoms with Gasteiger partial charge in [-0.05, 0) is 25.1 Å². The van der Waals surface area contributed by atoms with E-state index in [4.69, 9.17) is 5.73 Å². The van der Waals surface area contributed by atoms with E-state index in [1.807, 2.05) is 6.92 Å². The lowest BCUT2D eigenvalue weighted by molar-refractivity contribution is -0.383. The second-order valence-corrected chi connectivity index (χ2v) is 4.25. The monoisotopic (exact) mass is 286 g/mol. The topological polar surface area (TPSA) is 102 Å². The number of hydrogen-bond acceptors (Lipinski definition) is 5. The molecule has 1 aromatic carbocycles. The number of nitro benzene ring substituents is 1. The summed E-state index contributed by atoms with van der Waals surface area (Å²) in [5.41, 5.74) is 6.13. The molecule has 0 aliphatic carbocycles. The number of hydrogen-bond donors (Lipinski definition) is 1. The van der Waals surface area contributed by atoms with E-state index >= 15 is 0 Å². The van der Waals surface area contributed by atoms with Gasteiger partial charge >= 0.3 is 0 Å². The Balaban J connectivity index is 2.44. The van der Waals surface area contributed by atoms with Gasteiger partial charge in [0.25, 0.3) is 11.6 Å². The van der Waals surface area contributed by atoms with Crippen LogP contribution in [0.3, 0.4) is 0 Å². The highest BCUT2D eigenvalue weighted by Crippen LogP contribution is 2.27. The summed E-state index contributed by atoms with van der Waals surface area (Å²) in [6, 6.07) is 7.58. The van der Waals surface area contributed by atoms with Crippen LogP contribution in [0.4, 0.5) is 17.1 Å². The van der Waals surface area contributed by atoms with Gasteiger partial charge in [-0.1, -0.05) is 6.07 Å². The van der Waals surface area contributed by atoms with Crippen molar-refractivity contribution < 1.29 is 9.72 Å². The van der Waals surface area contributed by atoms with Crippen LogP contribution >= 0.6 is 0 Å². The normalized spacial score (nSPS) is 10.1. The van der Waals surface area contributed by atoms with Gasteiger partial charge in [0, 0.05) is 30.7 Å². The summed E-state index contributed by atoms with van der Waals surface area (Å²) in [5.74, 6) is -0.384. The second kappa shape index (κ2) is 6.00. The number of nitro groups is 1. The van der Waals surface area contributed by atoms with Crippen LogP contribution in [-0.2, 0) is 0 Å². The van der Waals surface area contributed by atoms with Crippen molar-refractivity contribution in [1.29, 1.82) is 0 Å². The van der Waals surface area contributed by atoms with Crippen molar-refractivity contribution in [3.63, 3.8) is 0 Å². The maximum absolute atomic E-state index is 12.6. The summed E-state index contributed by atoms with van der Waals surface area (Å²) in [6.07, 6.45) is 3.14. The van der Waals surface area contributed by atoms with Crippen molar-refractivity contribution in [3.05, 3.63) is 58.4 Å². The smallest absolute Gasteiger partial charge is 0.292 e. The minimum atomic E-state index is -0.602. The van der Waals surface area contributed by atoms with Crippen molar-refractivity contribution in [2.75, 3.05) is 17.2 Å². The Morgan fingerprint density at radius 1 is 1.33 bits per heavy atom. The summed E-state index contributed by atoms with van der Waals surface area (Å²) in [4.78, 5) is 28.3. The minimum absolute atomic E-state index is 0.114. The molecule has 2 rings (SSSR count). The van der Waals surface area contributed by atoms with Crippen molar-refractivity contribution in [2.45, 2.75) is 6.92 Å². The zero-order chi connectivity index (χ0) is 15.4. The molecule has 0 aliphatic heterocycles. The van der Waals surface area contributed by atoms with E-state index in [1.165, 1.54) is 23.1 Å². The van der Waals surface area contributed by atoms with Crippen LogP contribution in [-0.4, -0.2) is 22.4 Å². The molecule has 21 heavy (non-hydrogen) atoms. The zero-order valence-corrected chi connectivity index (χ0v) is 11.4. The van der Waals surface area contributed by atoms with E-state index in [2.05, 4.69) is 4.98 Å². The molecule has 108 valence electrons. The standard InChI is InChI=1S/C14H14N4O3/c1-2-17(10-6-8-16-9-7-10)14(19)11-4-3-5-12(13(11)15)18(20)21/h3-9H,2,15H2,1H3. The lowest BCUT2D eigenvalue weighted by atomic mass is 10.1. The Morgan fingerprint density at radius 2 is 2.00 bits per heavy atom. The SMILES string of the molecule is CCN(C(=O)c1cccc([N+](=O)[O-])c1N)c1ccncc1. The third kappa shape index (κ3) is 2.81. The average molecular weight is 286 g/mol. The third-order valence-corrected chi connectivity index (χ3v) is 3.05. The molecule has 1 aromatic heterocycles. The van der Waals surface area contributed by atoms with Crippen LogP contribution in [0.2, 0.25) is 0 Å². The molecule has 2 N–H and O–H groups in total. The number of anilines is 2. The molecular weight excluding hydrogens is 272 g/mol. The fourth-order valence-corrected chi connectivity index (χ4v) is 2.01. The van der Waals surface area contributed by atoms with Crippen molar-refractivity contribution in [1.82, 2.24) is 4.98 Å². The van der Waals surface area contributed by atoms with Gasteiger partial charge in [-0.2, -0.15) is 0 Å². The summed E-state index contributed by atoms with van der Waals surface area (Å²) >= 11 is 0. The van der Waals surface area contributed by atoms with Gasteiger partial charge in [-0.15, -0.1) is 0 Å². The molecule has 0 radical (unpaired) electrons. The van der Waals surface area contributed by atoms with Crippen molar-refractivity contribution in [3.8, 4) is 0 Å². The largest absolute Gasteiger partial charge is 0.393 e. The quantitative estimate of drug-likeness (QED) is 0.527. The van der Waals surface area contributed by atoms with Crippen molar-refractivity contribution >= 4 is 23.0 Å². The molecule has 0 saturated heterocycles. The Morgan fingerprint density at radius 3 is 2.57 bits per heavy atom. The number of para-hydroxylation sites is 1. The van der Waals surface area contributed by atoms with E-state index in [0.29, 0.717) is 12.2 Å². The second-order valence-electron chi connectivity index (χ2n) is 4.25. The number of rotatable bonds is 4. The van der Waals surface area contributed by atoms with Crippen molar-refractivity contribution in [2.24, 2.45) is 0 Å². The summed E-state index contributed by atoms with van der Waals surface area (Å²) < 4.78 is 0. The predicted molar refractivity (Wildman–Crippen MR) is 79.1 cm³/mol. The number of nitrogens with zero attached hydrogens (tertiary/aromatic N) is 3. The molecular formula is C14H14N4O3. The first-order chi connectivity index (χ1) is 10.1. The Hall–Kier alpha value is -2.96. The molecule has 0 spiro atoms. The van der Waals surface area contributed by atoms with Crippen LogP contribution < -0.4 is 10.6 Å². The fourth-order valence-electron chi connectivity index (χ4n) is 2.01. The molecule has 1 amide bonds. The van der Waals surface area contributed by atoms with E-state index in [0.717, 1.165) is 0 Å². The number of amides is 1. The number of pyridine rings is 1. The Bertz CT molecular complexity index is 673. The van der Waals surface area contributed by atoms with Gasteiger partial charge in [0.15, 0.2) is 0 Å². The number of carbonyl (C=O) groups excluding carboxylic acids is 1. The highest BCUT2D eigenvalue weighted by molar-refractivity contribution is 6.10. The first-order valence-corrected chi connectivity index (χ1v) is 6.31. The maximum Gasteiger partial charge on any atom is 0.292 e. The van der Waals surface area contributed by atoms with E-state index in [1.54, 1.807) is 24.5 Å². The molecule has 1 heterocycles. The highest BCUT2D eigenvalue weighted by Gasteiger charge is 2.23. The first kappa shape index (κ1) is 14.4. The van der Waals surface area contributed by atoms with E-state index < -0.39 is 4.92 Å². The maximum atomic E-state index is 12.6.